The van der Waals surface area contributed by atoms with Crippen LogP contribution < -0.4 is 4.74 Å². The number of carbonyl (C=O) groups is 1. The minimum absolute atomic E-state index is 0.0128. The molecule has 94 valence electrons. The fraction of sp³-hybridized carbons (Fsp3) is 0.154. The van der Waals surface area contributed by atoms with Gasteiger partial charge in [0.15, 0.2) is 5.76 Å². The molecule has 2 aromatic rings. The topological polar surface area (TPSA) is 59.7 Å². The summed E-state index contributed by atoms with van der Waals surface area (Å²) in [6.07, 6.45) is 1.29. The molecule has 0 aliphatic carbocycles. The lowest BCUT2D eigenvalue weighted by Crippen LogP contribution is -2.03. The Kier molecular flexibility index (Phi) is 3.32. The predicted octanol–water partition coefficient (Wildman–Crippen LogP) is 3.00. The molecule has 0 fully saturated rings. The van der Waals surface area contributed by atoms with Crippen molar-refractivity contribution in [2.45, 2.75) is 13.5 Å². The number of hydrogen-bond donors (Lipinski definition) is 1. The third kappa shape index (κ3) is 2.51. The molecular formula is C13H11FO4. The van der Waals surface area contributed by atoms with Crippen LogP contribution in [0.15, 0.2) is 34.9 Å². The Labute approximate surface area is 103 Å². The number of ether oxygens (including phenoxy) is 1. The number of furan rings is 1. The van der Waals surface area contributed by atoms with Gasteiger partial charge in [-0.1, -0.05) is 0 Å². The summed E-state index contributed by atoms with van der Waals surface area (Å²) in [4.78, 5) is 10.8. The van der Waals surface area contributed by atoms with Gasteiger partial charge in [0.05, 0.1) is 6.26 Å². The van der Waals surface area contributed by atoms with Crippen molar-refractivity contribution in [3.05, 3.63) is 53.2 Å². The lowest BCUT2D eigenvalue weighted by Gasteiger charge is -2.08. The van der Waals surface area contributed by atoms with Crippen molar-refractivity contribution in [1.29, 1.82) is 0 Å². The van der Waals surface area contributed by atoms with E-state index in [2.05, 4.69) is 0 Å². The molecule has 0 spiro atoms. The maximum absolute atomic E-state index is 12.9. The second-order valence-electron chi connectivity index (χ2n) is 3.76. The van der Waals surface area contributed by atoms with E-state index in [9.17, 15) is 9.18 Å². The molecule has 1 N–H and O–H groups in total. The first-order valence-corrected chi connectivity index (χ1v) is 5.26. The number of benzene rings is 1. The molecule has 4 nitrogen and oxygen atoms in total. The fourth-order valence-corrected chi connectivity index (χ4v) is 1.56. The van der Waals surface area contributed by atoms with Crippen LogP contribution in [-0.2, 0) is 6.61 Å². The Morgan fingerprint density at radius 1 is 1.44 bits per heavy atom. The molecule has 0 aliphatic rings. The molecule has 5 heteroatoms. The van der Waals surface area contributed by atoms with Crippen molar-refractivity contribution in [2.24, 2.45) is 0 Å². The zero-order chi connectivity index (χ0) is 13.1. The minimum atomic E-state index is -1.07. The average Bonchev–Trinajstić information content (AvgIpc) is 2.76. The number of halogens is 1. The molecule has 0 aliphatic heterocycles. The van der Waals surface area contributed by atoms with Crippen molar-refractivity contribution in [2.75, 3.05) is 0 Å². The standard InChI is InChI=1S/C13H11FO4/c1-8-6-9(14)2-3-11(8)18-7-12-10(13(15)16)4-5-17-12/h2-6H,7H2,1H3,(H,15,16). The Morgan fingerprint density at radius 3 is 2.89 bits per heavy atom. The predicted molar refractivity (Wildman–Crippen MR) is 61.1 cm³/mol. The zero-order valence-electron chi connectivity index (χ0n) is 9.64. The van der Waals surface area contributed by atoms with Crippen LogP contribution in [0, 0.1) is 12.7 Å². The van der Waals surface area contributed by atoms with Crippen LogP contribution in [0.5, 0.6) is 5.75 Å². The van der Waals surface area contributed by atoms with Crippen LogP contribution in [0.2, 0.25) is 0 Å². The van der Waals surface area contributed by atoms with Gasteiger partial charge < -0.3 is 14.3 Å². The summed E-state index contributed by atoms with van der Waals surface area (Å²) in [5.74, 6) is -0.697. The summed E-state index contributed by atoms with van der Waals surface area (Å²) in [5, 5.41) is 8.88. The summed E-state index contributed by atoms with van der Waals surface area (Å²) in [6, 6.07) is 5.48. The van der Waals surface area contributed by atoms with Gasteiger partial charge in [-0.05, 0) is 36.8 Å². The van der Waals surface area contributed by atoms with Crippen molar-refractivity contribution in [3.63, 3.8) is 0 Å². The summed E-state index contributed by atoms with van der Waals surface area (Å²) < 4.78 is 23.3. The fourth-order valence-electron chi connectivity index (χ4n) is 1.56. The molecule has 18 heavy (non-hydrogen) atoms. The van der Waals surface area contributed by atoms with E-state index in [0.717, 1.165) is 0 Å². The monoisotopic (exact) mass is 250 g/mol. The molecule has 1 aromatic heterocycles. The first-order valence-electron chi connectivity index (χ1n) is 5.26. The van der Waals surface area contributed by atoms with Crippen molar-refractivity contribution >= 4 is 5.97 Å². The highest BCUT2D eigenvalue weighted by atomic mass is 19.1. The lowest BCUT2D eigenvalue weighted by atomic mass is 10.2. The molecule has 0 bridgehead atoms. The number of aryl methyl sites for hydroxylation is 1. The van der Waals surface area contributed by atoms with E-state index in [1.807, 2.05) is 0 Å². The maximum Gasteiger partial charge on any atom is 0.339 e. The summed E-state index contributed by atoms with van der Waals surface area (Å²) in [7, 11) is 0. The minimum Gasteiger partial charge on any atom is -0.485 e. The van der Waals surface area contributed by atoms with E-state index >= 15 is 0 Å². The highest BCUT2D eigenvalue weighted by molar-refractivity contribution is 5.88. The molecule has 0 unspecified atom stereocenters. The smallest absolute Gasteiger partial charge is 0.339 e. The van der Waals surface area contributed by atoms with Gasteiger partial charge in [0.25, 0.3) is 0 Å². The highest BCUT2D eigenvalue weighted by Crippen LogP contribution is 2.21. The first kappa shape index (κ1) is 12.2. The molecule has 1 aromatic carbocycles. The average molecular weight is 250 g/mol. The SMILES string of the molecule is Cc1cc(F)ccc1OCc1occc1C(=O)O. The van der Waals surface area contributed by atoms with Gasteiger partial charge in [-0.3, -0.25) is 0 Å². The molecule has 0 amide bonds. The van der Waals surface area contributed by atoms with E-state index in [0.29, 0.717) is 11.3 Å². The summed E-state index contributed by atoms with van der Waals surface area (Å²) in [5.41, 5.74) is 0.702. The zero-order valence-corrected chi connectivity index (χ0v) is 9.64. The second-order valence-corrected chi connectivity index (χ2v) is 3.76. The third-order valence-electron chi connectivity index (χ3n) is 2.47. The van der Waals surface area contributed by atoms with Gasteiger partial charge >= 0.3 is 5.97 Å². The number of carboxylic acids is 1. The third-order valence-corrected chi connectivity index (χ3v) is 2.47. The number of aromatic carboxylic acids is 1. The van der Waals surface area contributed by atoms with Crippen LogP contribution in [0.1, 0.15) is 21.7 Å². The van der Waals surface area contributed by atoms with Crippen LogP contribution in [0.3, 0.4) is 0 Å². The van der Waals surface area contributed by atoms with E-state index < -0.39 is 5.97 Å². The Balaban J connectivity index is 2.11. The summed E-state index contributed by atoms with van der Waals surface area (Å²) >= 11 is 0. The van der Waals surface area contributed by atoms with Crippen LogP contribution >= 0.6 is 0 Å². The van der Waals surface area contributed by atoms with Gasteiger partial charge in [0, 0.05) is 0 Å². The van der Waals surface area contributed by atoms with Crippen molar-refractivity contribution in [1.82, 2.24) is 0 Å². The maximum atomic E-state index is 12.9. The van der Waals surface area contributed by atoms with E-state index in [1.165, 1.54) is 30.5 Å². The molecule has 0 radical (unpaired) electrons. The van der Waals surface area contributed by atoms with Crippen molar-refractivity contribution < 1.29 is 23.4 Å². The second kappa shape index (κ2) is 4.91. The van der Waals surface area contributed by atoms with Gasteiger partial charge in [0.1, 0.15) is 23.7 Å². The van der Waals surface area contributed by atoms with Crippen LogP contribution in [0.25, 0.3) is 0 Å². The normalized spacial score (nSPS) is 10.3. The Hall–Kier alpha value is -2.30. The van der Waals surface area contributed by atoms with E-state index in [1.54, 1.807) is 6.92 Å². The van der Waals surface area contributed by atoms with Gasteiger partial charge in [-0.2, -0.15) is 0 Å². The van der Waals surface area contributed by atoms with Crippen LogP contribution in [-0.4, -0.2) is 11.1 Å². The molecule has 2 rings (SSSR count). The number of hydrogen-bond acceptors (Lipinski definition) is 3. The van der Waals surface area contributed by atoms with Crippen molar-refractivity contribution in [3.8, 4) is 5.75 Å². The van der Waals surface area contributed by atoms with E-state index in [-0.39, 0.29) is 23.7 Å². The van der Waals surface area contributed by atoms with Gasteiger partial charge in [0.2, 0.25) is 0 Å². The molecule has 0 atom stereocenters. The summed E-state index contributed by atoms with van der Waals surface area (Å²) in [6.45, 7) is 1.69. The quantitative estimate of drug-likeness (QED) is 0.906. The van der Waals surface area contributed by atoms with Crippen LogP contribution in [0.4, 0.5) is 4.39 Å². The first-order chi connectivity index (χ1) is 8.58. The lowest BCUT2D eigenvalue weighted by molar-refractivity contribution is 0.0692. The molecular weight excluding hydrogens is 239 g/mol. The number of rotatable bonds is 4. The number of carboxylic acid groups (broad SMARTS) is 1. The van der Waals surface area contributed by atoms with E-state index in [4.69, 9.17) is 14.3 Å². The highest BCUT2D eigenvalue weighted by Gasteiger charge is 2.14. The van der Waals surface area contributed by atoms with Gasteiger partial charge in [-0.15, -0.1) is 0 Å². The largest absolute Gasteiger partial charge is 0.485 e. The molecule has 0 saturated heterocycles. The van der Waals surface area contributed by atoms with Gasteiger partial charge in [-0.25, -0.2) is 9.18 Å². The molecule has 1 heterocycles. The Bertz CT molecular complexity index is 574. The molecule has 0 saturated carbocycles. The Morgan fingerprint density at radius 2 is 2.22 bits per heavy atom.